The molecule has 1 aliphatic rings. The van der Waals surface area contributed by atoms with E-state index in [0.717, 1.165) is 11.5 Å². The molecular weight excluding hydrogens is 360 g/mol. The number of fused-ring (bicyclic) bond motifs is 1. The first-order chi connectivity index (χ1) is 13.7. The van der Waals surface area contributed by atoms with E-state index in [0.29, 0.717) is 30.3 Å². The van der Waals surface area contributed by atoms with Crippen LogP contribution in [0.1, 0.15) is 0 Å². The topological polar surface area (TPSA) is 86.6 Å². The molecule has 144 valence electrons. The molecule has 1 unspecified atom stereocenters. The summed E-state index contributed by atoms with van der Waals surface area (Å²) in [6.45, 7) is 0.943. The normalized spacial score (nSPS) is 15.0. The van der Waals surface area contributed by atoms with Crippen molar-refractivity contribution in [3.05, 3.63) is 60.9 Å². The highest BCUT2D eigenvalue weighted by molar-refractivity contribution is 6.00. The molecule has 2 aromatic carbocycles. The Morgan fingerprint density at radius 2 is 1.96 bits per heavy atom. The lowest BCUT2D eigenvalue weighted by molar-refractivity contribution is 0.0759. The molecule has 0 aliphatic carbocycles. The van der Waals surface area contributed by atoms with Crippen molar-refractivity contribution in [1.29, 1.82) is 0 Å². The van der Waals surface area contributed by atoms with Gasteiger partial charge < -0.3 is 24.8 Å². The Kier molecular flexibility index (Phi) is 5.01. The third kappa shape index (κ3) is 4.01. The van der Waals surface area contributed by atoms with Gasteiger partial charge in [-0.25, -0.2) is 4.79 Å². The van der Waals surface area contributed by atoms with E-state index >= 15 is 0 Å². The number of amides is 2. The number of carbonyl (C=O) groups excluding carboxylic acids is 1. The largest absolute Gasteiger partial charge is 0.495 e. The summed E-state index contributed by atoms with van der Waals surface area (Å²) in [6, 6.07) is 14.4. The predicted octanol–water partition coefficient (Wildman–Crippen LogP) is 3.38. The van der Waals surface area contributed by atoms with Gasteiger partial charge in [0.25, 0.3) is 0 Å². The second-order valence-corrected chi connectivity index (χ2v) is 6.23. The van der Waals surface area contributed by atoms with Gasteiger partial charge in [0.15, 0.2) is 17.6 Å². The fourth-order valence-electron chi connectivity index (χ4n) is 2.92. The Morgan fingerprint density at radius 1 is 1.18 bits per heavy atom. The SMILES string of the molecule is COc1ccccc1NC(=O)Nc1cnn(CC2COc3ccccc3O2)c1. The van der Waals surface area contributed by atoms with Gasteiger partial charge >= 0.3 is 6.03 Å². The summed E-state index contributed by atoms with van der Waals surface area (Å²) in [6.07, 6.45) is 3.16. The number of aromatic nitrogens is 2. The van der Waals surface area contributed by atoms with Crippen molar-refractivity contribution >= 4 is 17.4 Å². The lowest BCUT2D eigenvalue weighted by Gasteiger charge is -2.26. The first-order valence-electron chi connectivity index (χ1n) is 8.83. The molecule has 1 aliphatic heterocycles. The van der Waals surface area contributed by atoms with E-state index in [2.05, 4.69) is 15.7 Å². The summed E-state index contributed by atoms with van der Waals surface area (Å²) in [5.74, 6) is 2.05. The molecule has 0 bridgehead atoms. The standard InChI is InChI=1S/C20H20N4O4/c1-26-17-7-3-2-6-16(17)23-20(25)22-14-10-21-24(11-14)12-15-13-27-18-8-4-5-9-19(18)28-15/h2-11,15H,12-13H2,1H3,(H2,22,23,25). The van der Waals surface area contributed by atoms with Crippen molar-refractivity contribution in [3.8, 4) is 17.2 Å². The van der Waals surface area contributed by atoms with Crippen LogP contribution in [-0.2, 0) is 6.54 Å². The molecule has 3 aromatic rings. The van der Waals surface area contributed by atoms with Crippen molar-refractivity contribution in [1.82, 2.24) is 9.78 Å². The van der Waals surface area contributed by atoms with E-state index in [1.165, 1.54) is 0 Å². The van der Waals surface area contributed by atoms with E-state index in [1.54, 1.807) is 36.3 Å². The number of anilines is 2. The average Bonchev–Trinajstić information content (AvgIpc) is 3.14. The van der Waals surface area contributed by atoms with Gasteiger partial charge in [-0.3, -0.25) is 4.68 Å². The van der Waals surface area contributed by atoms with E-state index < -0.39 is 0 Å². The molecule has 0 saturated carbocycles. The molecule has 2 N–H and O–H groups in total. The third-order valence-electron chi connectivity index (χ3n) is 4.20. The van der Waals surface area contributed by atoms with Crippen LogP contribution in [0.25, 0.3) is 0 Å². The van der Waals surface area contributed by atoms with Crippen LogP contribution in [0, 0.1) is 0 Å². The van der Waals surface area contributed by atoms with Crippen LogP contribution in [0.4, 0.5) is 16.2 Å². The zero-order chi connectivity index (χ0) is 19.3. The Morgan fingerprint density at radius 3 is 2.82 bits per heavy atom. The van der Waals surface area contributed by atoms with Gasteiger partial charge in [0.1, 0.15) is 12.4 Å². The maximum Gasteiger partial charge on any atom is 0.323 e. The van der Waals surface area contributed by atoms with Gasteiger partial charge in [-0.05, 0) is 24.3 Å². The number of nitrogens with one attached hydrogen (secondary N) is 2. The van der Waals surface area contributed by atoms with Gasteiger partial charge in [-0.2, -0.15) is 5.10 Å². The quantitative estimate of drug-likeness (QED) is 0.709. The molecule has 0 saturated heterocycles. The summed E-state index contributed by atoms with van der Waals surface area (Å²) in [5.41, 5.74) is 1.16. The lowest BCUT2D eigenvalue weighted by atomic mass is 10.2. The minimum absolute atomic E-state index is 0.162. The van der Waals surface area contributed by atoms with E-state index in [-0.39, 0.29) is 12.1 Å². The highest BCUT2D eigenvalue weighted by Crippen LogP contribution is 2.31. The van der Waals surface area contributed by atoms with Crippen molar-refractivity contribution in [2.24, 2.45) is 0 Å². The number of rotatable bonds is 5. The molecule has 1 atom stereocenters. The van der Waals surface area contributed by atoms with Crippen LogP contribution in [0.2, 0.25) is 0 Å². The molecule has 0 fully saturated rings. The lowest BCUT2D eigenvalue weighted by Crippen LogP contribution is -2.33. The van der Waals surface area contributed by atoms with Crippen LogP contribution < -0.4 is 24.8 Å². The predicted molar refractivity (Wildman–Crippen MR) is 104 cm³/mol. The molecule has 0 radical (unpaired) electrons. The molecule has 2 heterocycles. The van der Waals surface area contributed by atoms with Gasteiger partial charge in [0.05, 0.1) is 31.2 Å². The minimum Gasteiger partial charge on any atom is -0.495 e. The first kappa shape index (κ1) is 17.7. The molecular formula is C20H20N4O4. The van der Waals surface area contributed by atoms with Crippen molar-refractivity contribution in [2.75, 3.05) is 24.4 Å². The van der Waals surface area contributed by atoms with Gasteiger partial charge in [0, 0.05) is 6.20 Å². The maximum atomic E-state index is 12.2. The van der Waals surface area contributed by atoms with Gasteiger partial charge in [-0.15, -0.1) is 0 Å². The van der Waals surface area contributed by atoms with Crippen LogP contribution in [0.15, 0.2) is 60.9 Å². The number of hydrogen-bond acceptors (Lipinski definition) is 5. The third-order valence-corrected chi connectivity index (χ3v) is 4.20. The average molecular weight is 380 g/mol. The van der Waals surface area contributed by atoms with Crippen LogP contribution >= 0.6 is 0 Å². The molecule has 1 aromatic heterocycles. The summed E-state index contributed by atoms with van der Waals surface area (Å²) >= 11 is 0. The number of hydrogen-bond donors (Lipinski definition) is 2. The number of ether oxygens (including phenoxy) is 3. The second-order valence-electron chi connectivity index (χ2n) is 6.23. The van der Waals surface area contributed by atoms with E-state index in [1.807, 2.05) is 36.4 Å². The second kappa shape index (κ2) is 7.91. The number of urea groups is 1. The molecule has 0 spiro atoms. The summed E-state index contributed by atoms with van der Waals surface area (Å²) in [5, 5.41) is 9.78. The molecule has 8 nitrogen and oxygen atoms in total. The smallest absolute Gasteiger partial charge is 0.323 e. The number of nitrogens with zero attached hydrogens (tertiary/aromatic N) is 2. The van der Waals surface area contributed by atoms with Crippen molar-refractivity contribution < 1.29 is 19.0 Å². The molecule has 28 heavy (non-hydrogen) atoms. The monoisotopic (exact) mass is 380 g/mol. The maximum absolute atomic E-state index is 12.2. The van der Waals surface area contributed by atoms with E-state index in [4.69, 9.17) is 14.2 Å². The molecule has 2 amide bonds. The zero-order valence-corrected chi connectivity index (χ0v) is 15.3. The van der Waals surface area contributed by atoms with Crippen LogP contribution in [0.5, 0.6) is 17.2 Å². The minimum atomic E-state index is -0.379. The number of carbonyl (C=O) groups is 1. The van der Waals surface area contributed by atoms with Crippen molar-refractivity contribution in [2.45, 2.75) is 12.6 Å². The van der Waals surface area contributed by atoms with Crippen molar-refractivity contribution in [3.63, 3.8) is 0 Å². The fourth-order valence-corrected chi connectivity index (χ4v) is 2.92. The molecule has 8 heteroatoms. The summed E-state index contributed by atoms with van der Waals surface area (Å²) in [7, 11) is 1.55. The first-order valence-corrected chi connectivity index (χ1v) is 8.83. The van der Waals surface area contributed by atoms with Crippen LogP contribution in [-0.4, -0.2) is 35.6 Å². The Hall–Kier alpha value is -3.68. The zero-order valence-electron chi connectivity index (χ0n) is 15.3. The van der Waals surface area contributed by atoms with Crippen LogP contribution in [0.3, 0.4) is 0 Å². The summed E-state index contributed by atoms with van der Waals surface area (Å²) < 4.78 is 18.6. The number of methoxy groups -OCH3 is 1. The Balaban J connectivity index is 1.34. The van der Waals surface area contributed by atoms with Gasteiger partial charge in [-0.1, -0.05) is 24.3 Å². The van der Waals surface area contributed by atoms with Gasteiger partial charge in [0.2, 0.25) is 0 Å². The number of para-hydroxylation sites is 4. The Labute approximate surface area is 162 Å². The van der Waals surface area contributed by atoms with E-state index in [9.17, 15) is 4.79 Å². The Bertz CT molecular complexity index is 972. The number of benzene rings is 2. The molecule has 4 rings (SSSR count). The fraction of sp³-hybridized carbons (Fsp3) is 0.200. The summed E-state index contributed by atoms with van der Waals surface area (Å²) in [4.78, 5) is 12.2. The highest BCUT2D eigenvalue weighted by Gasteiger charge is 2.21. The highest BCUT2D eigenvalue weighted by atomic mass is 16.6.